The van der Waals surface area contributed by atoms with Crippen molar-refractivity contribution in [3.05, 3.63) is 22.8 Å². The summed E-state index contributed by atoms with van der Waals surface area (Å²) in [6.07, 6.45) is 1.53. The molecule has 1 aromatic heterocycles. The quantitative estimate of drug-likeness (QED) is 0.861. The number of rotatable bonds is 3. The van der Waals surface area contributed by atoms with Crippen molar-refractivity contribution in [1.82, 2.24) is 9.88 Å². The zero-order valence-corrected chi connectivity index (χ0v) is 13.6. The largest absolute Gasteiger partial charge is 0.474 e. The first-order valence-electron chi connectivity index (χ1n) is 7.13. The van der Waals surface area contributed by atoms with E-state index in [-0.39, 0.29) is 24.2 Å². The summed E-state index contributed by atoms with van der Waals surface area (Å²) < 4.78 is 11.0. The fraction of sp³-hybridized carbons (Fsp3) is 0.600. The van der Waals surface area contributed by atoms with Gasteiger partial charge >= 0.3 is 0 Å². The average Bonchev–Trinajstić information content (AvgIpc) is 2.42. The van der Waals surface area contributed by atoms with E-state index in [9.17, 15) is 4.79 Å². The van der Waals surface area contributed by atoms with Crippen LogP contribution >= 0.6 is 11.6 Å². The molecule has 2 atom stereocenters. The van der Waals surface area contributed by atoms with E-state index in [1.807, 2.05) is 27.7 Å². The summed E-state index contributed by atoms with van der Waals surface area (Å²) in [6, 6.07) is 1.65. The molecule has 1 aromatic rings. The maximum Gasteiger partial charge on any atom is 0.255 e. The molecule has 0 aromatic carbocycles. The summed E-state index contributed by atoms with van der Waals surface area (Å²) >= 11 is 6.14. The Kier molecular flexibility index (Phi) is 5.06. The van der Waals surface area contributed by atoms with E-state index in [0.29, 0.717) is 29.6 Å². The predicted molar refractivity (Wildman–Crippen MR) is 80.9 cm³/mol. The number of carbonyl (C=O) groups is 1. The fourth-order valence-electron chi connectivity index (χ4n) is 2.20. The van der Waals surface area contributed by atoms with Crippen LogP contribution < -0.4 is 4.74 Å². The molecular weight excluding hydrogens is 292 g/mol. The lowest BCUT2D eigenvalue weighted by Gasteiger charge is -2.36. The van der Waals surface area contributed by atoms with Gasteiger partial charge in [-0.2, -0.15) is 0 Å². The van der Waals surface area contributed by atoms with E-state index in [4.69, 9.17) is 21.1 Å². The molecule has 0 spiro atoms. The van der Waals surface area contributed by atoms with Crippen molar-refractivity contribution >= 4 is 17.5 Å². The van der Waals surface area contributed by atoms with Crippen LogP contribution in [0.4, 0.5) is 0 Å². The van der Waals surface area contributed by atoms with Crippen LogP contribution in [0.25, 0.3) is 0 Å². The van der Waals surface area contributed by atoms with Gasteiger partial charge in [-0.3, -0.25) is 4.79 Å². The Morgan fingerprint density at radius 2 is 2.24 bits per heavy atom. The molecule has 0 bridgehead atoms. The summed E-state index contributed by atoms with van der Waals surface area (Å²) in [5, 5.41) is 0.350. The molecule has 1 saturated heterocycles. The first kappa shape index (κ1) is 16.0. The minimum atomic E-state index is -0.0804. The minimum absolute atomic E-state index is 0.0170. The second kappa shape index (κ2) is 6.62. The van der Waals surface area contributed by atoms with E-state index in [1.165, 1.54) is 6.20 Å². The van der Waals surface area contributed by atoms with Crippen molar-refractivity contribution in [2.24, 2.45) is 0 Å². The summed E-state index contributed by atoms with van der Waals surface area (Å²) in [7, 11) is 0. The lowest BCUT2D eigenvalue weighted by Crippen LogP contribution is -2.50. The smallest absolute Gasteiger partial charge is 0.255 e. The first-order chi connectivity index (χ1) is 9.88. The van der Waals surface area contributed by atoms with Crippen LogP contribution in [0.15, 0.2) is 12.3 Å². The Balaban J connectivity index is 2.17. The number of hydrogen-bond acceptors (Lipinski definition) is 4. The zero-order valence-electron chi connectivity index (χ0n) is 12.8. The van der Waals surface area contributed by atoms with E-state index in [1.54, 1.807) is 11.0 Å². The average molecular weight is 313 g/mol. The number of amides is 1. The molecule has 0 unspecified atom stereocenters. The Bertz CT molecular complexity index is 522. The van der Waals surface area contributed by atoms with E-state index in [0.717, 1.165) is 0 Å². The number of nitrogens with zero attached hydrogens (tertiary/aromatic N) is 2. The van der Waals surface area contributed by atoms with Crippen LogP contribution in [-0.2, 0) is 4.74 Å². The van der Waals surface area contributed by atoms with E-state index >= 15 is 0 Å². The van der Waals surface area contributed by atoms with Gasteiger partial charge in [0.15, 0.2) is 0 Å². The van der Waals surface area contributed by atoms with Gasteiger partial charge in [-0.15, -0.1) is 0 Å². The normalized spacial score (nSPS) is 22.5. The van der Waals surface area contributed by atoms with Crippen molar-refractivity contribution in [1.29, 1.82) is 0 Å². The molecule has 6 heteroatoms. The Morgan fingerprint density at radius 3 is 2.86 bits per heavy atom. The van der Waals surface area contributed by atoms with Crippen molar-refractivity contribution < 1.29 is 14.3 Å². The highest BCUT2D eigenvalue weighted by atomic mass is 35.5. The topological polar surface area (TPSA) is 51.7 Å². The van der Waals surface area contributed by atoms with Crippen LogP contribution in [-0.4, -0.2) is 47.2 Å². The zero-order chi connectivity index (χ0) is 15.6. The molecular formula is C15H21ClN2O3. The van der Waals surface area contributed by atoms with Crippen LogP contribution in [0.5, 0.6) is 5.88 Å². The number of halogens is 1. The standard InChI is InChI=1S/C15H21ClN2O3/c1-9(2)21-14-13(16)5-12(6-17-14)15(19)18-7-11(4)20-8-10(18)3/h5-6,9-11H,7-8H2,1-4H3/t10-,11+/m0/s1. The third-order valence-corrected chi connectivity index (χ3v) is 3.54. The molecule has 21 heavy (non-hydrogen) atoms. The molecule has 1 amide bonds. The highest BCUT2D eigenvalue weighted by molar-refractivity contribution is 6.32. The molecule has 1 fully saturated rings. The van der Waals surface area contributed by atoms with Crippen LogP contribution in [0.3, 0.4) is 0 Å². The van der Waals surface area contributed by atoms with Crippen molar-refractivity contribution in [2.75, 3.05) is 13.2 Å². The summed E-state index contributed by atoms with van der Waals surface area (Å²) in [5.74, 6) is 0.273. The Hall–Kier alpha value is -1.33. The monoisotopic (exact) mass is 312 g/mol. The van der Waals surface area contributed by atoms with Crippen molar-refractivity contribution in [2.45, 2.75) is 45.9 Å². The molecule has 0 radical (unpaired) electrons. The molecule has 2 heterocycles. The van der Waals surface area contributed by atoms with Gasteiger partial charge in [0.05, 0.1) is 30.4 Å². The first-order valence-corrected chi connectivity index (χ1v) is 7.51. The van der Waals surface area contributed by atoms with Gasteiger partial charge in [0.1, 0.15) is 5.02 Å². The number of aromatic nitrogens is 1. The van der Waals surface area contributed by atoms with E-state index in [2.05, 4.69) is 4.98 Å². The maximum absolute atomic E-state index is 12.6. The minimum Gasteiger partial charge on any atom is -0.474 e. The van der Waals surface area contributed by atoms with Gasteiger partial charge in [-0.05, 0) is 33.8 Å². The van der Waals surface area contributed by atoms with Gasteiger partial charge in [-0.25, -0.2) is 4.98 Å². The molecule has 0 aliphatic carbocycles. The van der Waals surface area contributed by atoms with Gasteiger partial charge in [0, 0.05) is 12.7 Å². The molecule has 1 aliphatic rings. The van der Waals surface area contributed by atoms with Gasteiger partial charge < -0.3 is 14.4 Å². The Morgan fingerprint density at radius 1 is 1.52 bits per heavy atom. The number of carbonyl (C=O) groups excluding carboxylic acids is 1. The number of pyridine rings is 1. The summed E-state index contributed by atoms with van der Waals surface area (Å²) in [5.41, 5.74) is 0.469. The molecule has 1 aliphatic heterocycles. The molecule has 0 N–H and O–H groups in total. The highest BCUT2D eigenvalue weighted by Gasteiger charge is 2.28. The van der Waals surface area contributed by atoms with E-state index < -0.39 is 0 Å². The van der Waals surface area contributed by atoms with Gasteiger partial charge in [0.2, 0.25) is 5.88 Å². The Labute approximate surface area is 130 Å². The van der Waals surface area contributed by atoms with Gasteiger partial charge in [-0.1, -0.05) is 11.6 Å². The second-order valence-electron chi connectivity index (χ2n) is 5.63. The molecule has 116 valence electrons. The predicted octanol–water partition coefficient (Wildman–Crippen LogP) is 2.77. The summed E-state index contributed by atoms with van der Waals surface area (Å²) in [4.78, 5) is 18.5. The highest BCUT2D eigenvalue weighted by Crippen LogP contribution is 2.25. The number of hydrogen-bond donors (Lipinski definition) is 0. The molecule has 0 saturated carbocycles. The third-order valence-electron chi connectivity index (χ3n) is 3.27. The lowest BCUT2D eigenvalue weighted by atomic mass is 10.1. The third kappa shape index (κ3) is 3.86. The summed E-state index contributed by atoms with van der Waals surface area (Å²) in [6.45, 7) is 8.83. The number of ether oxygens (including phenoxy) is 2. The maximum atomic E-state index is 12.6. The lowest BCUT2D eigenvalue weighted by molar-refractivity contribution is -0.0387. The fourth-order valence-corrected chi connectivity index (χ4v) is 2.42. The molecule has 5 nitrogen and oxygen atoms in total. The second-order valence-corrected chi connectivity index (χ2v) is 6.04. The van der Waals surface area contributed by atoms with Crippen LogP contribution in [0, 0.1) is 0 Å². The number of morpholine rings is 1. The SMILES string of the molecule is CC(C)Oc1ncc(C(=O)N2C[C@@H](C)OC[C@@H]2C)cc1Cl. The van der Waals surface area contributed by atoms with Crippen LogP contribution in [0.1, 0.15) is 38.1 Å². The van der Waals surface area contributed by atoms with Gasteiger partial charge in [0.25, 0.3) is 5.91 Å². The van der Waals surface area contributed by atoms with Crippen molar-refractivity contribution in [3.8, 4) is 5.88 Å². The molecule has 2 rings (SSSR count). The van der Waals surface area contributed by atoms with Crippen molar-refractivity contribution in [3.63, 3.8) is 0 Å². The van der Waals surface area contributed by atoms with Crippen LogP contribution in [0.2, 0.25) is 5.02 Å².